The molecular weight excluding hydrogens is 240 g/mol. The molecule has 0 heterocycles. The van der Waals surface area contributed by atoms with Crippen LogP contribution in [0.4, 0.5) is 0 Å². The minimum Gasteiger partial charge on any atom is -0.463 e. The molecule has 0 unspecified atom stereocenters. The first-order chi connectivity index (χ1) is 8.54. The van der Waals surface area contributed by atoms with Crippen LogP contribution in [0.15, 0.2) is 0 Å². The van der Waals surface area contributed by atoms with Crippen LogP contribution in [0.25, 0.3) is 0 Å². The van der Waals surface area contributed by atoms with Crippen LogP contribution < -0.4 is 0 Å². The zero-order valence-corrected chi connectivity index (χ0v) is 11.7. The van der Waals surface area contributed by atoms with Gasteiger partial charge in [0.1, 0.15) is 13.2 Å². The highest BCUT2D eigenvalue weighted by atomic mass is 16.6. The number of hydrogen-bond acceptors (Lipinski definition) is 6. The lowest BCUT2D eigenvalue weighted by molar-refractivity contribution is -0.143. The Labute approximate surface area is 109 Å². The second kappa shape index (κ2) is 15.9. The number of carbonyl (C=O) groups is 2. The number of hydrogen-bond donors (Lipinski definition) is 0. The molecule has 0 atom stereocenters. The van der Waals surface area contributed by atoms with Gasteiger partial charge in [-0.25, -0.2) is 0 Å². The lowest BCUT2D eigenvalue weighted by Crippen LogP contribution is -2.06. The minimum absolute atomic E-state index is 0.255. The standard InChI is InChI=1S/2C6H12O3/c2*1-3-8-4-5-9-6(2)7/h2*3-5H2,1-2H3. The van der Waals surface area contributed by atoms with E-state index >= 15 is 0 Å². The van der Waals surface area contributed by atoms with Crippen LogP contribution in [0.2, 0.25) is 0 Å². The van der Waals surface area contributed by atoms with Crippen molar-refractivity contribution in [3.05, 3.63) is 0 Å². The second-order valence-electron chi connectivity index (χ2n) is 3.07. The van der Waals surface area contributed by atoms with Gasteiger partial charge in [-0.3, -0.25) is 9.59 Å². The van der Waals surface area contributed by atoms with E-state index < -0.39 is 0 Å². The predicted octanol–water partition coefficient (Wildman–Crippen LogP) is 1.17. The van der Waals surface area contributed by atoms with E-state index in [1.165, 1.54) is 13.8 Å². The summed E-state index contributed by atoms with van der Waals surface area (Å²) in [5, 5.41) is 0. The zero-order valence-electron chi connectivity index (χ0n) is 11.7. The van der Waals surface area contributed by atoms with Crippen molar-refractivity contribution in [1.82, 2.24) is 0 Å². The van der Waals surface area contributed by atoms with Crippen LogP contribution >= 0.6 is 0 Å². The highest BCUT2D eigenvalue weighted by Crippen LogP contribution is 1.78. The Bertz CT molecular complexity index is 183. The van der Waals surface area contributed by atoms with Crippen LogP contribution in [-0.2, 0) is 28.5 Å². The highest BCUT2D eigenvalue weighted by Gasteiger charge is 1.90. The van der Waals surface area contributed by atoms with Crippen molar-refractivity contribution >= 4 is 11.9 Å². The Balaban J connectivity index is 0. The maximum absolute atomic E-state index is 10.1. The lowest BCUT2D eigenvalue weighted by Gasteiger charge is -1.99. The molecule has 0 saturated carbocycles. The van der Waals surface area contributed by atoms with Gasteiger partial charge < -0.3 is 18.9 Å². The van der Waals surface area contributed by atoms with Crippen molar-refractivity contribution in [3.8, 4) is 0 Å². The van der Waals surface area contributed by atoms with Gasteiger partial charge in [-0.15, -0.1) is 0 Å². The molecule has 0 spiro atoms. The van der Waals surface area contributed by atoms with Crippen molar-refractivity contribution in [3.63, 3.8) is 0 Å². The minimum atomic E-state index is -0.255. The molecule has 6 heteroatoms. The summed E-state index contributed by atoms with van der Waals surface area (Å²) < 4.78 is 19.0. The third kappa shape index (κ3) is 24.2. The SMILES string of the molecule is CCOCCOC(C)=O.CCOCCOC(C)=O. The average Bonchev–Trinajstić information content (AvgIpc) is 2.31. The van der Waals surface area contributed by atoms with E-state index in [9.17, 15) is 9.59 Å². The molecule has 0 N–H and O–H groups in total. The molecule has 0 aromatic heterocycles. The van der Waals surface area contributed by atoms with Crippen molar-refractivity contribution in [1.29, 1.82) is 0 Å². The summed E-state index contributed by atoms with van der Waals surface area (Å²) >= 11 is 0. The maximum atomic E-state index is 10.1. The van der Waals surface area contributed by atoms with Gasteiger partial charge in [0, 0.05) is 27.1 Å². The predicted molar refractivity (Wildman–Crippen MR) is 66.3 cm³/mol. The van der Waals surface area contributed by atoms with Crippen LogP contribution in [0.1, 0.15) is 27.7 Å². The summed E-state index contributed by atoms with van der Waals surface area (Å²) in [5.74, 6) is -0.510. The van der Waals surface area contributed by atoms with Crippen LogP contribution in [0, 0.1) is 0 Å². The highest BCUT2D eigenvalue weighted by molar-refractivity contribution is 5.66. The Morgan fingerprint density at radius 1 is 0.722 bits per heavy atom. The normalized spacial score (nSPS) is 9.11. The molecule has 6 nitrogen and oxygen atoms in total. The summed E-state index contributed by atoms with van der Waals surface area (Å²) in [6, 6.07) is 0. The summed E-state index contributed by atoms with van der Waals surface area (Å²) in [5.41, 5.74) is 0. The monoisotopic (exact) mass is 264 g/mol. The summed E-state index contributed by atoms with van der Waals surface area (Å²) in [4.78, 5) is 20.3. The van der Waals surface area contributed by atoms with E-state index in [2.05, 4.69) is 9.47 Å². The zero-order chi connectivity index (χ0) is 14.2. The van der Waals surface area contributed by atoms with Gasteiger partial charge in [-0.2, -0.15) is 0 Å². The Morgan fingerprint density at radius 3 is 1.28 bits per heavy atom. The lowest BCUT2D eigenvalue weighted by atomic mass is 10.7. The van der Waals surface area contributed by atoms with Gasteiger partial charge in [-0.1, -0.05) is 0 Å². The fourth-order valence-electron chi connectivity index (χ4n) is 0.777. The third-order valence-electron chi connectivity index (χ3n) is 1.47. The molecule has 0 bridgehead atoms. The Kier molecular flexibility index (Phi) is 16.9. The van der Waals surface area contributed by atoms with Crippen LogP contribution in [0.5, 0.6) is 0 Å². The Hall–Kier alpha value is -1.14. The number of rotatable bonds is 8. The first-order valence-corrected chi connectivity index (χ1v) is 5.96. The topological polar surface area (TPSA) is 71.1 Å². The summed E-state index contributed by atoms with van der Waals surface area (Å²) in [6.45, 7) is 9.61. The third-order valence-corrected chi connectivity index (χ3v) is 1.47. The van der Waals surface area contributed by atoms with E-state index in [-0.39, 0.29) is 11.9 Å². The van der Waals surface area contributed by atoms with Crippen molar-refractivity contribution in [2.24, 2.45) is 0 Å². The van der Waals surface area contributed by atoms with E-state index in [0.29, 0.717) is 39.6 Å². The van der Waals surface area contributed by atoms with Crippen molar-refractivity contribution in [2.45, 2.75) is 27.7 Å². The molecule has 0 aliphatic carbocycles. The van der Waals surface area contributed by atoms with Gasteiger partial charge in [-0.05, 0) is 13.8 Å². The fourth-order valence-corrected chi connectivity index (χ4v) is 0.777. The maximum Gasteiger partial charge on any atom is 0.302 e. The molecule has 108 valence electrons. The molecule has 0 rings (SSSR count). The molecule has 0 aromatic rings. The van der Waals surface area contributed by atoms with Crippen molar-refractivity contribution < 1.29 is 28.5 Å². The molecule has 0 fully saturated rings. The van der Waals surface area contributed by atoms with E-state index in [4.69, 9.17) is 9.47 Å². The summed E-state index contributed by atoms with van der Waals surface area (Å²) in [6.07, 6.45) is 0. The van der Waals surface area contributed by atoms with Gasteiger partial charge in [0.15, 0.2) is 0 Å². The van der Waals surface area contributed by atoms with Gasteiger partial charge >= 0.3 is 11.9 Å². The van der Waals surface area contributed by atoms with E-state index in [1.54, 1.807) is 0 Å². The molecule has 0 amide bonds. The van der Waals surface area contributed by atoms with Crippen LogP contribution in [0.3, 0.4) is 0 Å². The molecule has 0 aliphatic rings. The molecule has 0 radical (unpaired) electrons. The van der Waals surface area contributed by atoms with Gasteiger partial charge in [0.2, 0.25) is 0 Å². The molecular formula is C12H24O6. The number of esters is 2. The smallest absolute Gasteiger partial charge is 0.302 e. The van der Waals surface area contributed by atoms with E-state index in [1.807, 2.05) is 13.8 Å². The Morgan fingerprint density at radius 2 is 1.06 bits per heavy atom. The molecule has 0 saturated heterocycles. The number of carbonyl (C=O) groups excluding carboxylic acids is 2. The molecule has 0 aliphatic heterocycles. The second-order valence-corrected chi connectivity index (χ2v) is 3.07. The average molecular weight is 264 g/mol. The quantitative estimate of drug-likeness (QED) is 0.484. The van der Waals surface area contributed by atoms with E-state index in [0.717, 1.165) is 0 Å². The molecule has 0 aromatic carbocycles. The summed E-state index contributed by atoms with van der Waals surface area (Å²) in [7, 11) is 0. The fraction of sp³-hybridized carbons (Fsp3) is 0.833. The first kappa shape index (κ1) is 19.2. The van der Waals surface area contributed by atoms with Crippen molar-refractivity contribution in [2.75, 3.05) is 39.6 Å². The molecule has 18 heavy (non-hydrogen) atoms. The van der Waals surface area contributed by atoms with Gasteiger partial charge in [0.25, 0.3) is 0 Å². The van der Waals surface area contributed by atoms with Gasteiger partial charge in [0.05, 0.1) is 13.2 Å². The largest absolute Gasteiger partial charge is 0.463 e. The first-order valence-electron chi connectivity index (χ1n) is 5.96. The van der Waals surface area contributed by atoms with Crippen LogP contribution in [-0.4, -0.2) is 51.6 Å². The number of ether oxygens (including phenoxy) is 4.